The van der Waals surface area contributed by atoms with Crippen molar-refractivity contribution < 1.29 is 75.9 Å². The lowest BCUT2D eigenvalue weighted by Crippen LogP contribution is -2.18. The Balaban J connectivity index is 0.000000173. The first kappa shape index (κ1) is 88.3. The molecule has 9 aromatic carbocycles. The second kappa shape index (κ2) is 37.4. The van der Waals surface area contributed by atoms with Crippen molar-refractivity contribution in [3.05, 3.63) is 321 Å². The Hall–Kier alpha value is -11.1. The van der Waals surface area contributed by atoms with Gasteiger partial charge in [-0.3, -0.25) is 28.1 Å². The molecule has 0 saturated carbocycles. The van der Waals surface area contributed by atoms with Crippen molar-refractivity contribution >= 4 is 131 Å². The highest BCUT2D eigenvalue weighted by Crippen LogP contribution is 2.39. The number of ether oxygens (including phenoxy) is 3. The van der Waals surface area contributed by atoms with E-state index in [1.807, 2.05) is 20.8 Å². The summed E-state index contributed by atoms with van der Waals surface area (Å²) >= 11 is 21.1. The van der Waals surface area contributed by atoms with Gasteiger partial charge in [0.2, 0.25) is 0 Å². The third-order valence-electron chi connectivity index (χ3n) is 17.9. The maximum absolute atomic E-state index is 15.4. The fraction of sp³-hybridized carbons (Fsp3) is 0.122. The highest BCUT2D eigenvalue weighted by Gasteiger charge is 2.26. The van der Waals surface area contributed by atoms with E-state index in [0.717, 1.165) is 16.7 Å². The number of fused-ring (bicyclic) bond motifs is 3. The molecule has 6 heterocycles. The monoisotopic (exact) mass is 1790 g/mol. The van der Waals surface area contributed by atoms with E-state index in [1.165, 1.54) is 199 Å². The lowest BCUT2D eigenvalue weighted by Gasteiger charge is -2.17. The molecular weight excluding hydrogens is 1720 g/mol. The second-order valence-corrected chi connectivity index (χ2v) is 33.5. The number of hydrogen-bond donors (Lipinski definition) is 1. The molecule has 15 rings (SSSR count). The van der Waals surface area contributed by atoms with Crippen LogP contribution in [0.15, 0.2) is 266 Å². The molecule has 0 fully saturated rings. The fourth-order valence-corrected chi connectivity index (χ4v) is 16.7. The lowest BCUT2D eigenvalue weighted by molar-refractivity contribution is 0.411. The quantitative estimate of drug-likeness (QED) is 0.0581. The minimum Gasteiger partial charge on any atom is -0.537 e. The number of nitrogens with zero attached hydrogens (tertiary/aromatic N) is 6. The van der Waals surface area contributed by atoms with Crippen LogP contribution in [0.25, 0.3) is 72.0 Å². The maximum atomic E-state index is 15.4. The molecule has 1 radical (unpaired) electrons. The summed E-state index contributed by atoms with van der Waals surface area (Å²) in [5.41, 5.74) is 5.62. The number of rotatable bonds is 19. The van der Waals surface area contributed by atoms with Crippen molar-refractivity contribution in [2.24, 2.45) is 0 Å². The van der Waals surface area contributed by atoms with Crippen LogP contribution in [0.1, 0.15) is 41.2 Å². The van der Waals surface area contributed by atoms with Crippen LogP contribution in [0, 0.1) is 38.2 Å². The summed E-state index contributed by atoms with van der Waals surface area (Å²) in [4.78, 5) is 38.8. The number of pyridine rings is 3. The van der Waals surface area contributed by atoms with Crippen molar-refractivity contribution in [1.29, 1.82) is 0 Å². The molecule has 23 nitrogen and oxygen atoms in total. The average molecular weight is 1790 g/mol. The Morgan fingerprint density at radius 2 is 0.752 bits per heavy atom. The van der Waals surface area contributed by atoms with Gasteiger partial charge in [-0.15, -0.1) is 0 Å². The zero-order valence-electron chi connectivity index (χ0n) is 61.7. The van der Waals surface area contributed by atoms with Crippen LogP contribution in [-0.4, -0.2) is 88.5 Å². The van der Waals surface area contributed by atoms with Crippen LogP contribution < -0.4 is 35.5 Å². The Bertz CT molecular complexity index is 6530. The Morgan fingerprint density at radius 3 is 1.06 bits per heavy atom. The van der Waals surface area contributed by atoms with Gasteiger partial charge in [-0.1, -0.05) is 69.8 Å². The van der Waals surface area contributed by atoms with Crippen LogP contribution in [0.4, 0.5) is 13.2 Å². The number of sulfone groups is 3. The minimum atomic E-state index is -3.73. The topological polar surface area (TPSA) is 304 Å². The van der Waals surface area contributed by atoms with E-state index in [0.29, 0.717) is 72.3 Å². The molecular formula is C82H68BBrCl3F3N6O17PS3. The normalized spacial score (nSPS) is 11.3. The molecule has 0 saturated heterocycles. The molecule has 6 aromatic heterocycles. The Kier molecular flexibility index (Phi) is 28.2. The van der Waals surface area contributed by atoms with Gasteiger partial charge in [0.25, 0.3) is 16.7 Å². The van der Waals surface area contributed by atoms with Crippen molar-refractivity contribution in [3.8, 4) is 62.3 Å². The second-order valence-electron chi connectivity index (χ2n) is 25.4. The van der Waals surface area contributed by atoms with Gasteiger partial charge in [0, 0.05) is 97.0 Å². The number of halogens is 7. The van der Waals surface area contributed by atoms with E-state index in [1.54, 1.807) is 54.6 Å². The smallest absolute Gasteiger partial charge is 0.537 e. The maximum Gasteiger partial charge on any atom is 0.569 e. The summed E-state index contributed by atoms with van der Waals surface area (Å²) in [6, 6.07) is 49.6. The van der Waals surface area contributed by atoms with Gasteiger partial charge < -0.3 is 37.5 Å². The summed E-state index contributed by atoms with van der Waals surface area (Å²) < 4.78 is 161. The fourth-order valence-electron chi connectivity index (χ4n) is 12.2. The number of methoxy groups -OCH3 is 3. The zero-order chi connectivity index (χ0) is 82.4. The number of hydrogen-bond acceptors (Lipinski definition) is 20. The molecule has 0 aliphatic heterocycles. The molecule has 0 bridgehead atoms. The molecule has 1 N–H and O–H groups in total. The molecule has 35 heteroatoms. The molecule has 0 spiro atoms. The van der Waals surface area contributed by atoms with Crippen molar-refractivity contribution in [3.63, 3.8) is 0 Å². The Labute approximate surface area is 695 Å². The minimum absolute atomic E-state index is 0. The van der Waals surface area contributed by atoms with Crippen molar-refractivity contribution in [1.82, 2.24) is 29.2 Å². The number of aryl methyl sites for hydroxylation is 3. The zero-order valence-corrected chi connectivity index (χ0v) is 69.4. The van der Waals surface area contributed by atoms with E-state index in [2.05, 4.69) is 35.9 Å². The van der Waals surface area contributed by atoms with E-state index in [-0.39, 0.29) is 116 Å². The third-order valence-corrected chi connectivity index (χ3v) is 24.7. The molecule has 15 aromatic rings. The molecule has 603 valence electrons. The van der Waals surface area contributed by atoms with Crippen molar-refractivity contribution in [2.45, 2.75) is 60.1 Å². The van der Waals surface area contributed by atoms with Gasteiger partial charge in [-0.25, -0.2) is 38.4 Å². The molecule has 1 atom stereocenters. The predicted molar refractivity (Wildman–Crippen MR) is 451 cm³/mol. The van der Waals surface area contributed by atoms with E-state index in [4.69, 9.17) is 67.7 Å². The standard InChI is InChI=1S/2C27H20ClFN2O5S.C20H14BrFN2O5S.C7H7BClO2.CH4.H3P/c2*1-16-11-17(3-6-22(16)28)21-13-26(35-2)25(14-23(21)29)31-24-7-5-20(12-18(24)4-8-27(31)32)37(33,34)15-19-9-10-36-30-19;1-28-19-9-15(21)16(22)10-18(19)24-17-4-3-14(8-12(17)2-5-20(24)25)30(26,27)11-13-6-7-29-23-13;1-5-4-6(11-8-10)2-3-7(5)9;;/h2*3-14H,15H2,1-2H3;2-10H,11H2,1H3;2-4,10H,1H3;1H4;1H3. The summed E-state index contributed by atoms with van der Waals surface area (Å²) in [7, 11) is -6.24. The summed E-state index contributed by atoms with van der Waals surface area (Å²) in [6.07, 6.45) is 3.90. The van der Waals surface area contributed by atoms with Gasteiger partial charge in [0.1, 0.15) is 76.5 Å². The first-order valence-electron chi connectivity index (χ1n) is 33.9. The summed E-state index contributed by atoms with van der Waals surface area (Å²) in [6.45, 7) is 5.52. The van der Waals surface area contributed by atoms with Crippen LogP contribution >= 0.6 is 60.6 Å². The molecule has 1 unspecified atom stereocenters. The highest BCUT2D eigenvalue weighted by molar-refractivity contribution is 9.10. The van der Waals surface area contributed by atoms with Crippen molar-refractivity contribution in [2.75, 3.05) is 21.3 Å². The van der Waals surface area contributed by atoms with Gasteiger partial charge in [-0.2, -0.15) is 9.90 Å². The first-order valence-corrected chi connectivity index (χ1v) is 40.8. The molecule has 0 aliphatic rings. The Morgan fingerprint density at radius 1 is 0.427 bits per heavy atom. The van der Waals surface area contributed by atoms with Crippen LogP contribution in [0.2, 0.25) is 15.1 Å². The van der Waals surface area contributed by atoms with Gasteiger partial charge in [0.05, 0.1) is 91.2 Å². The largest absolute Gasteiger partial charge is 0.569 e. The SMILES string of the molecule is C.COc1cc(-c2ccc(Cl)c(C)c2)c(F)cc1-n1c(=O)ccc2cc(S(=O)(=O)Cc3ccon3)ccc21.COc1cc(-c2ccc(Cl)c(C)c2)c(F)cc1-n1c(=O)ccc2cc(S(=O)(=O)Cc3ccon3)ccc21.COc1cc(Br)c(F)cc1-n1c(=O)ccc2cc(S(=O)(=O)Cc3ccon3)ccc21.Cc1cc(O[B]O)ccc1Cl.P. The van der Waals surface area contributed by atoms with Gasteiger partial charge >= 0.3 is 7.69 Å². The average Bonchev–Trinajstić information content (AvgIpc) is 1.33. The first-order chi connectivity index (χ1) is 54.9. The predicted octanol–water partition coefficient (Wildman–Crippen LogP) is 17.6. The number of benzene rings is 9. The van der Waals surface area contributed by atoms with Crippen LogP contribution in [0.5, 0.6) is 23.0 Å². The summed E-state index contributed by atoms with van der Waals surface area (Å²) in [5.74, 6) is -1.29. The third kappa shape index (κ3) is 19.8. The molecule has 0 amide bonds. The van der Waals surface area contributed by atoms with Gasteiger partial charge in [-0.05, 0) is 198 Å². The molecule has 117 heavy (non-hydrogen) atoms. The van der Waals surface area contributed by atoms with E-state index in [9.17, 15) is 44.0 Å². The lowest BCUT2D eigenvalue weighted by atomic mass is 10.0. The van der Waals surface area contributed by atoms with Gasteiger partial charge in [0.15, 0.2) is 29.5 Å². The summed E-state index contributed by atoms with van der Waals surface area (Å²) in [5, 5.41) is 22.5. The molecule has 0 aliphatic carbocycles. The van der Waals surface area contributed by atoms with E-state index >= 15 is 8.78 Å². The number of aromatic nitrogens is 6. The van der Waals surface area contributed by atoms with E-state index < -0.39 is 63.6 Å². The highest BCUT2D eigenvalue weighted by atomic mass is 79.9. The van der Waals surface area contributed by atoms with Crippen LogP contribution in [0.3, 0.4) is 0 Å². The van der Waals surface area contributed by atoms with Crippen LogP contribution in [-0.2, 0) is 46.8 Å².